The molecule has 3 rings (SSSR count). The summed E-state index contributed by atoms with van der Waals surface area (Å²) in [6.07, 6.45) is 7.04. The maximum Gasteiger partial charge on any atom is 0.0710 e. The molecular formula is C16H30N2O. The van der Waals surface area contributed by atoms with Crippen LogP contribution < -0.4 is 5.32 Å². The van der Waals surface area contributed by atoms with Crippen molar-refractivity contribution in [2.45, 2.75) is 76.7 Å². The molecule has 0 amide bonds. The average Bonchev–Trinajstić information content (AvgIpc) is 3.15. The molecule has 3 atom stereocenters. The fourth-order valence-corrected chi connectivity index (χ4v) is 3.79. The van der Waals surface area contributed by atoms with Gasteiger partial charge < -0.3 is 10.1 Å². The third-order valence-corrected chi connectivity index (χ3v) is 5.22. The van der Waals surface area contributed by atoms with Gasteiger partial charge in [0.2, 0.25) is 0 Å². The highest BCUT2D eigenvalue weighted by Gasteiger charge is 2.39. The number of hydrogen-bond acceptors (Lipinski definition) is 3. The highest BCUT2D eigenvalue weighted by molar-refractivity contribution is 4.95. The van der Waals surface area contributed by atoms with E-state index < -0.39 is 0 Å². The second kappa shape index (κ2) is 5.34. The van der Waals surface area contributed by atoms with Gasteiger partial charge in [-0.05, 0) is 51.9 Å². The van der Waals surface area contributed by atoms with Gasteiger partial charge in [0.05, 0.1) is 11.7 Å². The minimum Gasteiger partial charge on any atom is -0.371 e. The van der Waals surface area contributed by atoms with E-state index in [0.29, 0.717) is 12.1 Å². The van der Waals surface area contributed by atoms with Crippen LogP contribution >= 0.6 is 0 Å². The van der Waals surface area contributed by atoms with Crippen molar-refractivity contribution in [1.82, 2.24) is 10.2 Å². The number of hydrogen-bond donors (Lipinski definition) is 1. The molecule has 0 aromatic rings. The van der Waals surface area contributed by atoms with E-state index in [1.807, 2.05) is 0 Å². The van der Waals surface area contributed by atoms with Gasteiger partial charge in [-0.3, -0.25) is 4.90 Å². The molecule has 3 nitrogen and oxygen atoms in total. The average molecular weight is 266 g/mol. The monoisotopic (exact) mass is 266 g/mol. The van der Waals surface area contributed by atoms with E-state index in [2.05, 4.69) is 31.0 Å². The van der Waals surface area contributed by atoms with Gasteiger partial charge in [-0.2, -0.15) is 0 Å². The van der Waals surface area contributed by atoms with Crippen molar-refractivity contribution >= 4 is 0 Å². The predicted octanol–water partition coefficient (Wildman–Crippen LogP) is 2.41. The third-order valence-electron chi connectivity index (χ3n) is 5.22. The number of nitrogens with zero attached hydrogens (tertiary/aromatic N) is 1. The Bertz CT molecular complexity index is 314. The van der Waals surface area contributed by atoms with Gasteiger partial charge in [0.15, 0.2) is 0 Å². The summed E-state index contributed by atoms with van der Waals surface area (Å²) in [6.45, 7) is 10.3. The summed E-state index contributed by atoms with van der Waals surface area (Å²) in [5.74, 6) is 0.959. The fraction of sp³-hybridized carbons (Fsp3) is 1.00. The Morgan fingerprint density at radius 1 is 1.26 bits per heavy atom. The van der Waals surface area contributed by atoms with Crippen LogP contribution in [-0.2, 0) is 4.74 Å². The van der Waals surface area contributed by atoms with Crippen LogP contribution in [0.15, 0.2) is 0 Å². The molecule has 19 heavy (non-hydrogen) atoms. The molecule has 2 heterocycles. The van der Waals surface area contributed by atoms with Crippen LogP contribution in [0.1, 0.15) is 52.9 Å². The molecule has 3 fully saturated rings. The summed E-state index contributed by atoms with van der Waals surface area (Å²) in [6, 6.07) is 1.46. The largest absolute Gasteiger partial charge is 0.371 e. The van der Waals surface area contributed by atoms with Crippen molar-refractivity contribution in [3.8, 4) is 0 Å². The van der Waals surface area contributed by atoms with E-state index >= 15 is 0 Å². The molecule has 1 N–H and O–H groups in total. The Kier molecular flexibility index (Phi) is 3.89. The smallest absolute Gasteiger partial charge is 0.0710 e. The first-order chi connectivity index (χ1) is 9.07. The summed E-state index contributed by atoms with van der Waals surface area (Å²) < 4.78 is 6.19. The van der Waals surface area contributed by atoms with Gasteiger partial charge in [-0.1, -0.05) is 6.92 Å². The van der Waals surface area contributed by atoms with Crippen LogP contribution in [0.25, 0.3) is 0 Å². The summed E-state index contributed by atoms with van der Waals surface area (Å²) in [7, 11) is 0. The lowest BCUT2D eigenvalue weighted by Crippen LogP contribution is -2.58. The molecular weight excluding hydrogens is 236 g/mol. The van der Waals surface area contributed by atoms with Crippen LogP contribution in [0, 0.1) is 5.92 Å². The molecule has 3 unspecified atom stereocenters. The summed E-state index contributed by atoms with van der Waals surface area (Å²) in [5, 5.41) is 3.77. The molecule has 2 saturated heterocycles. The van der Waals surface area contributed by atoms with Crippen molar-refractivity contribution in [3.63, 3.8) is 0 Å². The third kappa shape index (κ3) is 3.32. The first kappa shape index (κ1) is 13.8. The molecule has 3 aliphatic rings. The molecule has 2 aliphatic heterocycles. The molecule has 1 saturated carbocycles. The molecule has 0 radical (unpaired) electrons. The van der Waals surface area contributed by atoms with Gasteiger partial charge in [0.1, 0.15) is 0 Å². The maximum atomic E-state index is 6.19. The molecule has 0 aromatic heterocycles. The van der Waals surface area contributed by atoms with E-state index in [-0.39, 0.29) is 5.60 Å². The van der Waals surface area contributed by atoms with Gasteiger partial charge >= 0.3 is 0 Å². The number of nitrogens with one attached hydrogen (secondary N) is 1. The number of rotatable bonds is 4. The van der Waals surface area contributed by atoms with E-state index in [0.717, 1.165) is 18.5 Å². The van der Waals surface area contributed by atoms with Crippen molar-refractivity contribution < 1.29 is 4.74 Å². The van der Waals surface area contributed by atoms with Crippen LogP contribution in [0.5, 0.6) is 0 Å². The first-order valence-corrected chi connectivity index (χ1v) is 8.22. The molecule has 0 bridgehead atoms. The SMILES string of the molecule is CCC1CNC(C2CC2)CN1CC1CCC(C)(C)O1. The van der Waals surface area contributed by atoms with E-state index in [1.165, 1.54) is 45.2 Å². The van der Waals surface area contributed by atoms with Gasteiger partial charge in [0, 0.05) is 31.7 Å². The normalized spacial score (nSPS) is 39.6. The maximum absolute atomic E-state index is 6.19. The first-order valence-electron chi connectivity index (χ1n) is 8.22. The Morgan fingerprint density at radius 2 is 2.05 bits per heavy atom. The number of piperazine rings is 1. The molecule has 3 heteroatoms. The van der Waals surface area contributed by atoms with Crippen molar-refractivity contribution in [2.75, 3.05) is 19.6 Å². The standard InChI is InChI=1S/C16H30N2O/c1-4-13-9-17-15(12-5-6-12)11-18(13)10-14-7-8-16(2,3)19-14/h12-15,17H,4-11H2,1-3H3. The molecule has 110 valence electrons. The lowest BCUT2D eigenvalue weighted by molar-refractivity contribution is -0.0392. The molecule has 0 aromatic carbocycles. The minimum absolute atomic E-state index is 0.107. The van der Waals surface area contributed by atoms with Crippen molar-refractivity contribution in [2.24, 2.45) is 5.92 Å². The number of ether oxygens (including phenoxy) is 1. The van der Waals surface area contributed by atoms with Crippen LogP contribution in [-0.4, -0.2) is 48.3 Å². The lowest BCUT2D eigenvalue weighted by Gasteiger charge is -2.41. The highest BCUT2D eigenvalue weighted by atomic mass is 16.5. The predicted molar refractivity (Wildman–Crippen MR) is 78.4 cm³/mol. The van der Waals surface area contributed by atoms with Crippen LogP contribution in [0.3, 0.4) is 0 Å². The van der Waals surface area contributed by atoms with E-state index in [1.54, 1.807) is 0 Å². The zero-order valence-corrected chi connectivity index (χ0v) is 12.8. The Balaban J connectivity index is 1.56. The lowest BCUT2D eigenvalue weighted by atomic mass is 10.0. The second-order valence-electron chi connectivity index (χ2n) is 7.41. The minimum atomic E-state index is 0.107. The zero-order chi connectivity index (χ0) is 13.5. The van der Waals surface area contributed by atoms with E-state index in [9.17, 15) is 0 Å². The quantitative estimate of drug-likeness (QED) is 0.845. The van der Waals surface area contributed by atoms with Crippen molar-refractivity contribution in [3.05, 3.63) is 0 Å². The Morgan fingerprint density at radius 3 is 2.63 bits per heavy atom. The molecule has 1 aliphatic carbocycles. The Labute approximate surface area is 118 Å². The van der Waals surface area contributed by atoms with Gasteiger partial charge in [-0.25, -0.2) is 0 Å². The van der Waals surface area contributed by atoms with E-state index in [4.69, 9.17) is 4.74 Å². The highest BCUT2D eigenvalue weighted by Crippen LogP contribution is 2.35. The fourth-order valence-electron chi connectivity index (χ4n) is 3.79. The Hall–Kier alpha value is -0.120. The zero-order valence-electron chi connectivity index (χ0n) is 12.8. The van der Waals surface area contributed by atoms with Gasteiger partial charge in [-0.15, -0.1) is 0 Å². The summed E-state index contributed by atoms with van der Waals surface area (Å²) in [4.78, 5) is 2.71. The topological polar surface area (TPSA) is 24.5 Å². The van der Waals surface area contributed by atoms with Crippen LogP contribution in [0.4, 0.5) is 0 Å². The summed E-state index contributed by atoms with van der Waals surface area (Å²) in [5.41, 5.74) is 0.107. The molecule has 0 spiro atoms. The van der Waals surface area contributed by atoms with Gasteiger partial charge in [0.25, 0.3) is 0 Å². The summed E-state index contributed by atoms with van der Waals surface area (Å²) >= 11 is 0. The van der Waals surface area contributed by atoms with Crippen LogP contribution in [0.2, 0.25) is 0 Å². The van der Waals surface area contributed by atoms with Crippen molar-refractivity contribution in [1.29, 1.82) is 0 Å². The second-order valence-corrected chi connectivity index (χ2v) is 7.41.